The van der Waals surface area contributed by atoms with Gasteiger partial charge in [-0.15, -0.1) is 22.7 Å². The number of ether oxygens (including phenoxy) is 2. The van der Waals surface area contributed by atoms with Crippen LogP contribution in [0.5, 0.6) is 0 Å². The number of thioether (sulfide) groups is 1. The number of rotatable bonds is 4. The Morgan fingerprint density at radius 3 is 1.74 bits per heavy atom. The van der Waals surface area contributed by atoms with Crippen LogP contribution in [0.25, 0.3) is 5.57 Å². The van der Waals surface area contributed by atoms with Gasteiger partial charge >= 0.3 is 0 Å². The minimum Gasteiger partial charge on any atom is -0.378 e. The molecule has 2 aromatic rings. The maximum absolute atomic E-state index is 5.54. The molecule has 5 nitrogen and oxygen atoms in total. The molecule has 2 saturated heterocycles. The highest BCUT2D eigenvalue weighted by molar-refractivity contribution is 8.18. The molecular weight excluding hydrogens is 446 g/mol. The largest absolute Gasteiger partial charge is 0.378 e. The summed E-state index contributed by atoms with van der Waals surface area (Å²) in [6.07, 6.45) is 4.50. The molecule has 0 aliphatic carbocycles. The van der Waals surface area contributed by atoms with Crippen molar-refractivity contribution >= 4 is 55.1 Å². The molecule has 8 heteroatoms. The van der Waals surface area contributed by atoms with Gasteiger partial charge in [-0.1, -0.05) is 0 Å². The van der Waals surface area contributed by atoms with E-state index < -0.39 is 0 Å². The SMILES string of the molecule is C[N+](C)=C1C=CC(=C(c2ccc(N3CCOCC3)s2)c2ccc(N3CCOCC3)s2)S1. The van der Waals surface area contributed by atoms with Gasteiger partial charge in [0.1, 0.15) is 14.1 Å². The van der Waals surface area contributed by atoms with Gasteiger partial charge in [0, 0.05) is 52.5 Å². The van der Waals surface area contributed by atoms with Gasteiger partial charge in [0.2, 0.25) is 5.04 Å². The fourth-order valence-corrected chi connectivity index (χ4v) is 7.36. The predicted octanol–water partition coefficient (Wildman–Crippen LogP) is 4.22. The Balaban J connectivity index is 1.51. The van der Waals surface area contributed by atoms with E-state index in [1.807, 2.05) is 34.4 Å². The van der Waals surface area contributed by atoms with Crippen molar-refractivity contribution in [1.82, 2.24) is 0 Å². The first-order chi connectivity index (χ1) is 15.2. The van der Waals surface area contributed by atoms with Crippen LogP contribution in [0.15, 0.2) is 41.3 Å². The summed E-state index contributed by atoms with van der Waals surface area (Å²) < 4.78 is 13.3. The minimum atomic E-state index is 0.814. The quantitative estimate of drug-likeness (QED) is 0.619. The maximum atomic E-state index is 5.54. The van der Waals surface area contributed by atoms with Crippen LogP contribution < -0.4 is 9.80 Å². The summed E-state index contributed by atoms with van der Waals surface area (Å²) in [6, 6.07) is 9.16. The Hall–Kier alpha value is -1.58. The van der Waals surface area contributed by atoms with E-state index in [-0.39, 0.29) is 0 Å². The van der Waals surface area contributed by atoms with Crippen LogP contribution in [0.4, 0.5) is 10.0 Å². The Morgan fingerprint density at radius 1 is 0.774 bits per heavy atom. The van der Waals surface area contributed by atoms with E-state index in [0.717, 1.165) is 52.6 Å². The molecule has 0 unspecified atom stereocenters. The third-order valence-corrected chi connectivity index (χ3v) is 9.20. The van der Waals surface area contributed by atoms with E-state index in [1.54, 1.807) is 0 Å². The minimum absolute atomic E-state index is 0.814. The average Bonchev–Trinajstić information content (AvgIpc) is 3.57. The van der Waals surface area contributed by atoms with E-state index in [1.165, 1.54) is 35.3 Å². The standard InChI is InChI=1S/C23H28N3O2S3/c1-24(2)20-6-3-17(29-20)23(18-4-7-21(30-18)25-9-13-27-14-10-25)19-5-8-22(31-19)26-11-15-28-16-12-26/h3-8H,9-16H2,1-2H3/q+1. The highest BCUT2D eigenvalue weighted by Crippen LogP contribution is 2.45. The number of allylic oxidation sites excluding steroid dienone is 1. The lowest BCUT2D eigenvalue weighted by Gasteiger charge is -2.27. The molecule has 0 N–H and O–H groups in total. The molecule has 5 rings (SSSR count). The normalized spacial score (nSPS) is 19.4. The summed E-state index contributed by atoms with van der Waals surface area (Å²) in [5.41, 5.74) is 1.35. The molecule has 3 aliphatic rings. The zero-order chi connectivity index (χ0) is 21.2. The second-order valence-corrected chi connectivity index (χ2v) is 11.1. The highest BCUT2D eigenvalue weighted by Gasteiger charge is 2.24. The van der Waals surface area contributed by atoms with Crippen LogP contribution in [0.2, 0.25) is 0 Å². The molecule has 0 aromatic carbocycles. The third-order valence-electron chi connectivity index (χ3n) is 5.60. The zero-order valence-electron chi connectivity index (χ0n) is 18.0. The number of hydrogen-bond acceptors (Lipinski definition) is 7. The number of nitrogens with zero attached hydrogens (tertiary/aromatic N) is 3. The van der Waals surface area contributed by atoms with E-state index in [4.69, 9.17) is 9.47 Å². The lowest BCUT2D eigenvalue weighted by atomic mass is 10.1. The van der Waals surface area contributed by atoms with Crippen LogP contribution in [-0.4, -0.2) is 76.3 Å². The van der Waals surface area contributed by atoms with Gasteiger partial charge in [0.25, 0.3) is 0 Å². The van der Waals surface area contributed by atoms with Gasteiger partial charge in [-0.25, -0.2) is 4.58 Å². The second kappa shape index (κ2) is 9.50. The predicted molar refractivity (Wildman–Crippen MR) is 135 cm³/mol. The molecule has 0 amide bonds. The van der Waals surface area contributed by atoms with Crippen LogP contribution in [0.3, 0.4) is 0 Å². The molecule has 31 heavy (non-hydrogen) atoms. The topological polar surface area (TPSA) is 27.9 Å². The summed E-state index contributed by atoms with van der Waals surface area (Å²) in [5.74, 6) is 0. The summed E-state index contributed by atoms with van der Waals surface area (Å²) >= 11 is 5.66. The molecule has 0 atom stereocenters. The zero-order valence-corrected chi connectivity index (χ0v) is 20.5. The smallest absolute Gasteiger partial charge is 0.239 e. The van der Waals surface area contributed by atoms with Crippen molar-refractivity contribution in [2.45, 2.75) is 0 Å². The Morgan fingerprint density at radius 2 is 1.29 bits per heavy atom. The average molecular weight is 475 g/mol. The van der Waals surface area contributed by atoms with Crippen molar-refractivity contribution in [1.29, 1.82) is 0 Å². The number of thiophene rings is 2. The Bertz CT molecular complexity index is 962. The molecule has 2 aromatic heterocycles. The van der Waals surface area contributed by atoms with E-state index in [0.29, 0.717) is 0 Å². The van der Waals surface area contributed by atoms with Crippen molar-refractivity contribution in [2.24, 2.45) is 0 Å². The molecular formula is C23H28N3O2S3+. The summed E-state index contributed by atoms with van der Waals surface area (Å²) in [6.45, 7) is 7.14. The van der Waals surface area contributed by atoms with Crippen molar-refractivity contribution in [2.75, 3.05) is 76.5 Å². The van der Waals surface area contributed by atoms with E-state index in [9.17, 15) is 0 Å². The van der Waals surface area contributed by atoms with Gasteiger partial charge in [0.15, 0.2) is 0 Å². The highest BCUT2D eigenvalue weighted by atomic mass is 32.2. The van der Waals surface area contributed by atoms with E-state index >= 15 is 0 Å². The van der Waals surface area contributed by atoms with Crippen LogP contribution in [-0.2, 0) is 9.47 Å². The fraction of sp³-hybridized carbons (Fsp3) is 0.435. The monoisotopic (exact) mass is 474 g/mol. The molecule has 164 valence electrons. The molecule has 5 heterocycles. The second-order valence-electron chi connectivity index (χ2n) is 7.88. The summed E-state index contributed by atoms with van der Waals surface area (Å²) in [5, 5.41) is 3.96. The number of hydrogen-bond donors (Lipinski definition) is 0. The van der Waals surface area contributed by atoms with Gasteiger partial charge in [-0.2, -0.15) is 0 Å². The summed E-state index contributed by atoms with van der Waals surface area (Å²) in [4.78, 5) is 8.90. The molecule has 0 radical (unpaired) electrons. The first kappa shape index (κ1) is 21.3. The van der Waals surface area contributed by atoms with Crippen LogP contribution >= 0.6 is 34.4 Å². The Labute approximate surface area is 196 Å². The van der Waals surface area contributed by atoms with Gasteiger partial charge in [0.05, 0.1) is 36.4 Å². The van der Waals surface area contributed by atoms with E-state index in [2.05, 4.69) is 64.9 Å². The fourth-order valence-electron chi connectivity index (χ4n) is 3.90. The molecule has 0 spiro atoms. The van der Waals surface area contributed by atoms with Gasteiger partial charge in [-0.05, 0) is 42.1 Å². The lowest BCUT2D eigenvalue weighted by molar-refractivity contribution is -0.460. The Kier molecular flexibility index (Phi) is 6.52. The van der Waals surface area contributed by atoms with Crippen molar-refractivity contribution in [3.05, 3.63) is 51.1 Å². The van der Waals surface area contributed by atoms with Gasteiger partial charge in [-0.3, -0.25) is 0 Å². The third kappa shape index (κ3) is 4.64. The molecule has 0 saturated carbocycles. The number of morpholine rings is 2. The number of anilines is 2. The molecule has 0 bridgehead atoms. The first-order valence-electron chi connectivity index (χ1n) is 10.7. The van der Waals surface area contributed by atoms with Gasteiger partial charge < -0.3 is 19.3 Å². The lowest BCUT2D eigenvalue weighted by Crippen LogP contribution is -2.35. The summed E-state index contributed by atoms with van der Waals surface area (Å²) in [7, 11) is 4.22. The van der Waals surface area contributed by atoms with Crippen molar-refractivity contribution in [3.63, 3.8) is 0 Å². The van der Waals surface area contributed by atoms with Crippen molar-refractivity contribution < 1.29 is 14.0 Å². The molecule has 2 fully saturated rings. The first-order valence-corrected chi connectivity index (χ1v) is 13.1. The van der Waals surface area contributed by atoms with Crippen molar-refractivity contribution in [3.8, 4) is 0 Å². The van der Waals surface area contributed by atoms with Crippen LogP contribution in [0.1, 0.15) is 9.75 Å². The molecule has 3 aliphatic heterocycles. The van der Waals surface area contributed by atoms with Crippen LogP contribution in [0, 0.1) is 0 Å². The maximum Gasteiger partial charge on any atom is 0.239 e.